The molecule has 0 unspecified atom stereocenters. The van der Waals surface area contributed by atoms with E-state index in [2.05, 4.69) is 36.8 Å². The molecule has 0 spiro atoms. The summed E-state index contributed by atoms with van der Waals surface area (Å²) in [4.78, 5) is 43.9. The largest absolute Gasteiger partial charge is 0.508 e. The Morgan fingerprint density at radius 3 is 1.61 bits per heavy atom. The minimum atomic E-state index is -1.02. The van der Waals surface area contributed by atoms with Crippen molar-refractivity contribution >= 4 is 24.1 Å². The second-order valence-corrected chi connectivity index (χ2v) is 4.02. The van der Waals surface area contributed by atoms with Crippen LogP contribution in [0.3, 0.4) is 0 Å². The second-order valence-electron chi connectivity index (χ2n) is 4.02. The highest BCUT2D eigenvalue weighted by Crippen LogP contribution is 1.98. The molecule has 0 aliphatic carbocycles. The van der Waals surface area contributed by atoms with E-state index >= 15 is 0 Å². The summed E-state index contributed by atoms with van der Waals surface area (Å²) in [6.07, 6.45) is -1.02. The van der Waals surface area contributed by atoms with Crippen LogP contribution in [0.25, 0.3) is 0 Å². The van der Waals surface area contributed by atoms with Gasteiger partial charge >= 0.3 is 24.1 Å². The van der Waals surface area contributed by atoms with Gasteiger partial charge in [-0.15, -0.1) is 0 Å². The summed E-state index contributed by atoms with van der Waals surface area (Å²) < 4.78 is 22.8. The van der Waals surface area contributed by atoms with Crippen LogP contribution < -0.4 is 0 Å². The lowest BCUT2D eigenvalue weighted by atomic mass is 10.4. The van der Waals surface area contributed by atoms with Crippen LogP contribution in [0.2, 0.25) is 0 Å². The van der Waals surface area contributed by atoms with Crippen molar-refractivity contribution in [2.45, 2.75) is 13.8 Å². The lowest BCUT2D eigenvalue weighted by Crippen LogP contribution is -2.18. The molecule has 0 atom stereocenters. The first-order valence-electron chi connectivity index (χ1n) is 6.40. The van der Waals surface area contributed by atoms with E-state index in [1.54, 1.807) is 0 Å². The van der Waals surface area contributed by atoms with E-state index in [1.165, 1.54) is 6.92 Å². The molecule has 0 fully saturated rings. The molecule has 0 bridgehead atoms. The first kappa shape index (κ1) is 20.2. The van der Waals surface area contributed by atoms with Gasteiger partial charge in [-0.25, -0.2) is 14.4 Å². The van der Waals surface area contributed by atoms with Crippen molar-refractivity contribution in [1.82, 2.24) is 0 Å². The second kappa shape index (κ2) is 10.8. The third-order valence-corrected chi connectivity index (χ3v) is 1.92. The molecular formula is C14H18O9. The third-order valence-electron chi connectivity index (χ3n) is 1.92. The van der Waals surface area contributed by atoms with Crippen molar-refractivity contribution in [2.24, 2.45) is 0 Å². The molecule has 0 amide bonds. The number of esters is 3. The van der Waals surface area contributed by atoms with E-state index in [4.69, 9.17) is 0 Å². The van der Waals surface area contributed by atoms with Crippen molar-refractivity contribution < 1.29 is 42.9 Å². The molecule has 0 radical (unpaired) electrons. The van der Waals surface area contributed by atoms with Crippen LogP contribution in [0.1, 0.15) is 13.8 Å². The molecule has 0 aromatic carbocycles. The predicted molar refractivity (Wildman–Crippen MR) is 74.9 cm³/mol. The highest BCUT2D eigenvalue weighted by atomic mass is 16.7. The average Bonchev–Trinajstić information content (AvgIpc) is 2.46. The quantitative estimate of drug-likeness (QED) is 0.200. The summed E-state index contributed by atoms with van der Waals surface area (Å²) in [5.74, 6) is -2.73. The van der Waals surface area contributed by atoms with E-state index < -0.39 is 29.8 Å². The lowest BCUT2D eigenvalue weighted by molar-refractivity contribution is -0.151. The van der Waals surface area contributed by atoms with Crippen molar-refractivity contribution in [1.29, 1.82) is 0 Å². The first-order chi connectivity index (χ1) is 10.7. The van der Waals surface area contributed by atoms with Crippen LogP contribution in [-0.4, -0.2) is 50.5 Å². The zero-order valence-electron chi connectivity index (χ0n) is 12.9. The maximum Gasteiger partial charge on any atom is 0.508 e. The Morgan fingerprint density at radius 2 is 1.17 bits per heavy atom. The number of carbonyl (C=O) groups is 4. The molecule has 0 heterocycles. The van der Waals surface area contributed by atoms with Crippen molar-refractivity contribution in [3.63, 3.8) is 0 Å². The van der Waals surface area contributed by atoms with E-state index in [1.807, 2.05) is 0 Å². The molecule has 9 heteroatoms. The average molecular weight is 330 g/mol. The third kappa shape index (κ3) is 10.5. The maximum atomic E-state index is 11.2. The van der Waals surface area contributed by atoms with Crippen LogP contribution in [0.15, 0.2) is 24.5 Å². The molecule has 0 saturated heterocycles. The summed E-state index contributed by atoms with van der Waals surface area (Å²) in [7, 11) is 0. The molecule has 0 aromatic rings. The molecule has 9 nitrogen and oxygen atoms in total. The van der Waals surface area contributed by atoms with Crippen LogP contribution in [0.4, 0.5) is 4.79 Å². The summed E-state index contributed by atoms with van der Waals surface area (Å²) in [6.45, 7) is 8.26. The van der Waals surface area contributed by atoms with Gasteiger partial charge in [0.25, 0.3) is 0 Å². The highest BCUT2D eigenvalue weighted by Gasteiger charge is 2.12. The summed E-state index contributed by atoms with van der Waals surface area (Å²) in [5.41, 5.74) is 0.227. The Bertz CT molecular complexity index is 492. The number of ether oxygens (including phenoxy) is 5. The molecule has 128 valence electrons. The Kier molecular flexibility index (Phi) is 9.49. The van der Waals surface area contributed by atoms with Crippen molar-refractivity contribution in [3.8, 4) is 0 Å². The monoisotopic (exact) mass is 330 g/mol. The van der Waals surface area contributed by atoms with Crippen molar-refractivity contribution in [2.75, 3.05) is 26.4 Å². The Hall–Kier alpha value is -2.84. The molecule has 0 aliphatic heterocycles. The van der Waals surface area contributed by atoms with Gasteiger partial charge in [-0.3, -0.25) is 4.79 Å². The smallest absolute Gasteiger partial charge is 0.459 e. The number of carbonyl (C=O) groups excluding carboxylic acids is 4. The van der Waals surface area contributed by atoms with Gasteiger partial charge in [0.05, 0.1) is 0 Å². The van der Waals surface area contributed by atoms with Gasteiger partial charge in [-0.1, -0.05) is 6.58 Å². The standard InChI is InChI=1S/C14H18O9/c1-9(2)12(16)19-5-7-21-14(18)22-8-6-20-13(17)10(3)23-11(4)15/h1,3,5-8H2,2,4H3. The molecule has 0 saturated carbocycles. The van der Waals surface area contributed by atoms with Gasteiger partial charge in [0, 0.05) is 12.5 Å². The molecular weight excluding hydrogens is 312 g/mol. The molecule has 0 rings (SSSR count). The molecule has 0 aliphatic rings. The van der Waals surface area contributed by atoms with Gasteiger partial charge in [0.15, 0.2) is 0 Å². The number of hydrogen-bond acceptors (Lipinski definition) is 9. The van der Waals surface area contributed by atoms with Gasteiger partial charge in [0.2, 0.25) is 5.76 Å². The van der Waals surface area contributed by atoms with Gasteiger partial charge in [-0.2, -0.15) is 0 Å². The zero-order chi connectivity index (χ0) is 17.8. The van der Waals surface area contributed by atoms with E-state index in [0.29, 0.717) is 0 Å². The normalized spacial score (nSPS) is 9.30. The van der Waals surface area contributed by atoms with Gasteiger partial charge in [0.1, 0.15) is 26.4 Å². The topological polar surface area (TPSA) is 114 Å². The summed E-state index contributed by atoms with van der Waals surface area (Å²) in [5, 5.41) is 0. The fraction of sp³-hybridized carbons (Fsp3) is 0.429. The van der Waals surface area contributed by atoms with E-state index in [0.717, 1.165) is 6.92 Å². The zero-order valence-corrected chi connectivity index (χ0v) is 12.9. The van der Waals surface area contributed by atoms with Crippen LogP contribution >= 0.6 is 0 Å². The fourth-order valence-corrected chi connectivity index (χ4v) is 0.979. The number of rotatable bonds is 9. The minimum Gasteiger partial charge on any atom is -0.459 e. The van der Waals surface area contributed by atoms with E-state index in [-0.39, 0.29) is 32.0 Å². The maximum absolute atomic E-state index is 11.2. The Morgan fingerprint density at radius 1 is 0.739 bits per heavy atom. The summed E-state index contributed by atoms with van der Waals surface area (Å²) in [6, 6.07) is 0. The SMILES string of the molecule is C=C(C)C(=O)OCCOC(=O)OCCOC(=O)C(=C)OC(C)=O. The Balaban J connectivity index is 3.69. The lowest BCUT2D eigenvalue weighted by Gasteiger charge is -2.08. The number of hydrogen-bond donors (Lipinski definition) is 0. The van der Waals surface area contributed by atoms with Crippen LogP contribution in [0.5, 0.6) is 0 Å². The summed E-state index contributed by atoms with van der Waals surface area (Å²) >= 11 is 0. The molecule has 23 heavy (non-hydrogen) atoms. The minimum absolute atomic E-state index is 0.141. The molecule has 0 aromatic heterocycles. The van der Waals surface area contributed by atoms with Crippen LogP contribution in [0, 0.1) is 0 Å². The van der Waals surface area contributed by atoms with Crippen molar-refractivity contribution in [3.05, 3.63) is 24.5 Å². The van der Waals surface area contributed by atoms with Gasteiger partial charge < -0.3 is 23.7 Å². The first-order valence-corrected chi connectivity index (χ1v) is 6.40. The van der Waals surface area contributed by atoms with E-state index in [9.17, 15) is 19.2 Å². The highest BCUT2D eigenvalue weighted by molar-refractivity contribution is 5.88. The Labute approximate surface area is 132 Å². The van der Waals surface area contributed by atoms with Crippen LogP contribution in [-0.2, 0) is 38.1 Å². The van der Waals surface area contributed by atoms with Gasteiger partial charge in [-0.05, 0) is 13.5 Å². The predicted octanol–water partition coefficient (Wildman–Crippen LogP) is 0.879. The fourth-order valence-electron chi connectivity index (χ4n) is 0.979. The molecule has 0 N–H and O–H groups in total.